The standard InChI is InChI=1S/C25H23N5O5/c1-14-9-21(28-22-17(14)7-6-8-18(22)32-2)30-24(16(12-26)13-27-30)29-25(31)15-10-19(33-3)23(35-5)20(11-15)34-4/h6-11,13H,1-5H3,(H,29,31). The van der Waals surface area contributed by atoms with Gasteiger partial charge in [0.2, 0.25) is 5.75 Å². The predicted molar refractivity (Wildman–Crippen MR) is 129 cm³/mol. The Kier molecular flexibility index (Phi) is 6.42. The zero-order valence-corrected chi connectivity index (χ0v) is 19.9. The molecule has 0 unspecified atom stereocenters. The molecule has 1 amide bonds. The third-order valence-electron chi connectivity index (χ3n) is 5.48. The van der Waals surface area contributed by atoms with Crippen molar-refractivity contribution in [2.24, 2.45) is 0 Å². The lowest BCUT2D eigenvalue weighted by Crippen LogP contribution is -2.17. The summed E-state index contributed by atoms with van der Waals surface area (Å²) < 4.78 is 22.9. The summed E-state index contributed by atoms with van der Waals surface area (Å²) in [6.45, 7) is 1.94. The van der Waals surface area contributed by atoms with Crippen molar-refractivity contribution in [3.8, 4) is 34.9 Å². The van der Waals surface area contributed by atoms with Crippen molar-refractivity contribution >= 4 is 22.6 Å². The van der Waals surface area contributed by atoms with Crippen LogP contribution in [0.5, 0.6) is 23.0 Å². The topological polar surface area (TPSA) is 121 Å². The van der Waals surface area contributed by atoms with Gasteiger partial charge in [-0.25, -0.2) is 4.98 Å². The minimum atomic E-state index is -0.502. The first kappa shape index (κ1) is 23.4. The smallest absolute Gasteiger partial charge is 0.257 e. The van der Waals surface area contributed by atoms with Gasteiger partial charge in [-0.05, 0) is 36.8 Å². The van der Waals surface area contributed by atoms with E-state index in [-0.39, 0.29) is 16.9 Å². The average molecular weight is 473 g/mol. The van der Waals surface area contributed by atoms with E-state index < -0.39 is 5.91 Å². The number of para-hydroxylation sites is 1. The van der Waals surface area contributed by atoms with Crippen LogP contribution in [0, 0.1) is 18.3 Å². The van der Waals surface area contributed by atoms with Crippen molar-refractivity contribution in [1.29, 1.82) is 5.26 Å². The zero-order chi connectivity index (χ0) is 25.1. The molecule has 178 valence electrons. The number of benzene rings is 2. The van der Waals surface area contributed by atoms with Crippen LogP contribution in [0.25, 0.3) is 16.7 Å². The summed E-state index contributed by atoms with van der Waals surface area (Å²) in [7, 11) is 5.97. The van der Waals surface area contributed by atoms with E-state index >= 15 is 0 Å². The van der Waals surface area contributed by atoms with Gasteiger partial charge >= 0.3 is 0 Å². The number of anilines is 1. The molecule has 2 heterocycles. The molecular formula is C25H23N5O5. The van der Waals surface area contributed by atoms with Crippen LogP contribution in [-0.4, -0.2) is 49.1 Å². The van der Waals surface area contributed by atoms with Gasteiger partial charge in [0.15, 0.2) is 23.1 Å². The molecule has 0 bridgehead atoms. The molecule has 2 aromatic heterocycles. The number of nitrogens with one attached hydrogen (secondary N) is 1. The van der Waals surface area contributed by atoms with Crippen LogP contribution in [0.4, 0.5) is 5.82 Å². The van der Waals surface area contributed by atoms with Crippen LogP contribution in [-0.2, 0) is 0 Å². The Balaban J connectivity index is 1.80. The highest BCUT2D eigenvalue weighted by atomic mass is 16.5. The number of aromatic nitrogens is 3. The molecule has 0 spiro atoms. The molecule has 10 heteroatoms. The molecule has 0 fully saturated rings. The SMILES string of the molecule is COc1cc(C(=O)Nc2c(C#N)cnn2-c2cc(C)c3cccc(OC)c3n2)cc(OC)c1OC. The van der Waals surface area contributed by atoms with Gasteiger partial charge < -0.3 is 24.3 Å². The first-order chi connectivity index (χ1) is 16.9. The van der Waals surface area contributed by atoms with E-state index in [0.29, 0.717) is 34.3 Å². The van der Waals surface area contributed by atoms with Crippen molar-refractivity contribution in [2.75, 3.05) is 33.8 Å². The fraction of sp³-hybridized carbons (Fsp3) is 0.200. The summed E-state index contributed by atoms with van der Waals surface area (Å²) in [6, 6.07) is 12.6. The Bertz CT molecular complexity index is 1450. The molecule has 0 atom stereocenters. The maximum Gasteiger partial charge on any atom is 0.257 e. The van der Waals surface area contributed by atoms with E-state index in [2.05, 4.69) is 16.5 Å². The molecule has 4 aromatic rings. The molecule has 0 radical (unpaired) electrons. The molecule has 35 heavy (non-hydrogen) atoms. The summed E-state index contributed by atoms with van der Waals surface area (Å²) in [4.78, 5) is 17.9. The van der Waals surface area contributed by atoms with Gasteiger partial charge in [0, 0.05) is 10.9 Å². The number of methoxy groups -OCH3 is 4. The summed E-state index contributed by atoms with van der Waals surface area (Å²) in [6.07, 6.45) is 1.37. The van der Waals surface area contributed by atoms with E-state index in [0.717, 1.165) is 10.9 Å². The highest BCUT2D eigenvalue weighted by Crippen LogP contribution is 2.38. The van der Waals surface area contributed by atoms with Crippen molar-refractivity contribution in [3.05, 3.63) is 59.3 Å². The van der Waals surface area contributed by atoms with E-state index in [1.807, 2.05) is 31.2 Å². The maximum absolute atomic E-state index is 13.2. The minimum absolute atomic E-state index is 0.172. The van der Waals surface area contributed by atoms with Gasteiger partial charge in [-0.3, -0.25) is 4.79 Å². The number of aryl methyl sites for hydroxylation is 1. The Morgan fingerprint density at radius 3 is 2.29 bits per heavy atom. The molecule has 10 nitrogen and oxygen atoms in total. The lowest BCUT2D eigenvalue weighted by Gasteiger charge is -2.15. The molecule has 2 aromatic carbocycles. The van der Waals surface area contributed by atoms with Gasteiger partial charge in [0.25, 0.3) is 5.91 Å². The number of hydrogen-bond acceptors (Lipinski definition) is 8. The van der Waals surface area contributed by atoms with Gasteiger partial charge in [-0.2, -0.15) is 15.0 Å². The highest BCUT2D eigenvalue weighted by molar-refractivity contribution is 6.05. The van der Waals surface area contributed by atoms with Crippen LogP contribution >= 0.6 is 0 Å². The van der Waals surface area contributed by atoms with Crippen LogP contribution in [0.15, 0.2) is 42.6 Å². The first-order valence-corrected chi connectivity index (χ1v) is 10.5. The Morgan fingerprint density at radius 2 is 1.69 bits per heavy atom. The molecule has 4 rings (SSSR count). The Morgan fingerprint density at radius 1 is 1.00 bits per heavy atom. The molecule has 0 aliphatic heterocycles. The monoisotopic (exact) mass is 473 g/mol. The van der Waals surface area contributed by atoms with Gasteiger partial charge in [-0.1, -0.05) is 12.1 Å². The molecule has 0 saturated carbocycles. The summed E-state index contributed by atoms with van der Waals surface area (Å²) in [5, 5.41) is 17.7. The predicted octanol–water partition coefficient (Wildman–Crippen LogP) is 3.89. The number of amides is 1. The number of pyridine rings is 1. The molecular weight excluding hydrogens is 450 g/mol. The molecule has 1 N–H and O–H groups in total. The fourth-order valence-corrected chi connectivity index (χ4v) is 3.76. The zero-order valence-electron chi connectivity index (χ0n) is 19.9. The normalized spacial score (nSPS) is 10.5. The molecule has 0 saturated heterocycles. The molecule has 0 aliphatic rings. The third-order valence-corrected chi connectivity index (χ3v) is 5.48. The number of nitrogens with zero attached hydrogens (tertiary/aromatic N) is 4. The van der Waals surface area contributed by atoms with Crippen LogP contribution in [0.2, 0.25) is 0 Å². The van der Waals surface area contributed by atoms with E-state index in [4.69, 9.17) is 23.9 Å². The Labute approximate surface area is 201 Å². The van der Waals surface area contributed by atoms with Crippen molar-refractivity contribution in [3.63, 3.8) is 0 Å². The fourth-order valence-electron chi connectivity index (χ4n) is 3.76. The summed E-state index contributed by atoms with van der Waals surface area (Å²) >= 11 is 0. The van der Waals surface area contributed by atoms with Gasteiger partial charge in [-0.15, -0.1) is 0 Å². The second-order valence-corrected chi connectivity index (χ2v) is 7.45. The lowest BCUT2D eigenvalue weighted by molar-refractivity contribution is 0.102. The number of fused-ring (bicyclic) bond motifs is 1. The second-order valence-electron chi connectivity index (χ2n) is 7.45. The molecule has 0 aliphatic carbocycles. The van der Waals surface area contributed by atoms with Crippen molar-refractivity contribution in [2.45, 2.75) is 6.92 Å². The van der Waals surface area contributed by atoms with E-state index in [1.54, 1.807) is 7.11 Å². The first-order valence-electron chi connectivity index (χ1n) is 10.5. The second kappa shape index (κ2) is 9.61. The van der Waals surface area contributed by atoms with Crippen LogP contribution in [0.3, 0.4) is 0 Å². The van der Waals surface area contributed by atoms with Crippen LogP contribution in [0.1, 0.15) is 21.5 Å². The average Bonchev–Trinajstić information content (AvgIpc) is 3.29. The maximum atomic E-state index is 13.2. The van der Waals surface area contributed by atoms with Gasteiger partial charge in [0.05, 0.1) is 34.6 Å². The number of carbonyl (C=O) groups excluding carboxylic acids is 1. The minimum Gasteiger partial charge on any atom is -0.494 e. The highest BCUT2D eigenvalue weighted by Gasteiger charge is 2.21. The van der Waals surface area contributed by atoms with Crippen molar-refractivity contribution in [1.82, 2.24) is 14.8 Å². The largest absolute Gasteiger partial charge is 0.494 e. The Hall–Kier alpha value is -4.78. The van der Waals surface area contributed by atoms with Crippen LogP contribution < -0.4 is 24.3 Å². The summed E-state index contributed by atoms with van der Waals surface area (Å²) in [5.41, 5.74) is 1.98. The van der Waals surface area contributed by atoms with E-state index in [9.17, 15) is 10.1 Å². The van der Waals surface area contributed by atoms with Gasteiger partial charge in [0.1, 0.15) is 22.9 Å². The number of hydrogen-bond donors (Lipinski definition) is 1. The van der Waals surface area contributed by atoms with Crippen molar-refractivity contribution < 1.29 is 23.7 Å². The number of carbonyl (C=O) groups is 1. The lowest BCUT2D eigenvalue weighted by atomic mass is 10.1. The number of ether oxygens (including phenoxy) is 4. The third kappa shape index (κ3) is 4.15. The summed E-state index contributed by atoms with van der Waals surface area (Å²) in [5.74, 6) is 1.70. The van der Waals surface area contributed by atoms with E-state index in [1.165, 1.54) is 44.3 Å². The number of rotatable bonds is 7. The quantitative estimate of drug-likeness (QED) is 0.429. The number of nitriles is 1.